The number of aliphatic imine (C=N–C) groups is 2. The Morgan fingerprint density at radius 1 is 0.788 bits per heavy atom. The van der Waals surface area contributed by atoms with Gasteiger partial charge in [-0.05, 0) is 47.4 Å². The molecule has 2 atom stereocenters. The van der Waals surface area contributed by atoms with Gasteiger partial charge < -0.3 is 44.0 Å². The van der Waals surface area contributed by atoms with Gasteiger partial charge in [-0.3, -0.25) is 19.6 Å². The summed E-state index contributed by atoms with van der Waals surface area (Å²) < 4.78 is 34.4. The molecule has 13 heteroatoms. The van der Waals surface area contributed by atoms with E-state index in [2.05, 4.69) is 4.99 Å². The molecule has 8 rings (SSSR count). The van der Waals surface area contributed by atoms with Gasteiger partial charge in [0.2, 0.25) is 6.79 Å². The fraction of sp³-hybridized carbons (Fsp3) is 0.282. The fourth-order valence-corrected chi connectivity index (χ4v) is 6.83. The standard InChI is InChI=1S/C39H37N5O8/c1-47-33-14-28-30(41-18-26-11-23(5-3-8-40)20-43(26)38(28)45)16-36(33)49-9-4-10-50-37-17-31-29(15-34(37)48-2)39(46)44-21-25(12-27(44)19-42-31)24-6-7-32-35(13-24)52-22-51-32/h3,5-7,13-21,26-27H,4,8-12,22,40H2,1-2H3/b5-3+/t26-,27-/m0/s1. The van der Waals surface area contributed by atoms with Gasteiger partial charge in [0.1, 0.15) is 0 Å². The maximum absolute atomic E-state index is 13.8. The highest BCUT2D eigenvalue weighted by atomic mass is 16.7. The zero-order valence-electron chi connectivity index (χ0n) is 28.7. The maximum Gasteiger partial charge on any atom is 0.260 e. The van der Waals surface area contributed by atoms with Gasteiger partial charge in [-0.1, -0.05) is 18.2 Å². The number of hydrogen-bond acceptors (Lipinski definition) is 11. The van der Waals surface area contributed by atoms with E-state index in [9.17, 15) is 9.59 Å². The molecule has 0 aliphatic carbocycles. The number of nitrogens with two attached hydrogens (primary N) is 1. The Balaban J connectivity index is 0.912. The second-order valence-corrected chi connectivity index (χ2v) is 12.7. The van der Waals surface area contributed by atoms with E-state index in [1.54, 1.807) is 46.5 Å². The van der Waals surface area contributed by atoms with Crippen LogP contribution in [-0.4, -0.2) is 86.9 Å². The monoisotopic (exact) mass is 703 g/mol. The average molecular weight is 704 g/mol. The van der Waals surface area contributed by atoms with Crippen molar-refractivity contribution in [1.82, 2.24) is 9.80 Å². The van der Waals surface area contributed by atoms with Crippen molar-refractivity contribution in [2.24, 2.45) is 15.7 Å². The summed E-state index contributed by atoms with van der Waals surface area (Å²) in [7, 11) is 3.07. The molecule has 0 bridgehead atoms. The summed E-state index contributed by atoms with van der Waals surface area (Å²) in [6.07, 6.45) is 12.9. The highest BCUT2D eigenvalue weighted by Crippen LogP contribution is 2.42. The van der Waals surface area contributed by atoms with Crippen LogP contribution in [0.3, 0.4) is 0 Å². The summed E-state index contributed by atoms with van der Waals surface area (Å²) in [6, 6.07) is 12.2. The van der Waals surface area contributed by atoms with Crippen molar-refractivity contribution < 1.29 is 38.0 Å². The van der Waals surface area contributed by atoms with Crippen LogP contribution < -0.4 is 34.2 Å². The van der Waals surface area contributed by atoms with E-state index < -0.39 is 0 Å². The van der Waals surface area contributed by atoms with Crippen molar-refractivity contribution in [3.8, 4) is 34.5 Å². The summed E-state index contributed by atoms with van der Waals surface area (Å²) in [4.78, 5) is 40.0. The minimum Gasteiger partial charge on any atom is -0.493 e. The Labute approximate surface area is 300 Å². The molecule has 52 heavy (non-hydrogen) atoms. The number of ether oxygens (including phenoxy) is 6. The number of rotatable bonds is 11. The summed E-state index contributed by atoms with van der Waals surface area (Å²) in [5.74, 6) is 2.88. The van der Waals surface area contributed by atoms with Gasteiger partial charge in [-0.2, -0.15) is 0 Å². The topological polar surface area (TPSA) is 147 Å². The van der Waals surface area contributed by atoms with Crippen LogP contribution in [0.5, 0.6) is 34.5 Å². The molecule has 2 N–H and O–H groups in total. The first-order valence-corrected chi connectivity index (χ1v) is 17.1. The lowest BCUT2D eigenvalue weighted by Crippen LogP contribution is -2.32. The summed E-state index contributed by atoms with van der Waals surface area (Å²) >= 11 is 0. The largest absolute Gasteiger partial charge is 0.493 e. The van der Waals surface area contributed by atoms with Crippen LogP contribution in [0.2, 0.25) is 0 Å². The average Bonchev–Trinajstić information content (AvgIpc) is 3.89. The smallest absolute Gasteiger partial charge is 0.260 e. The minimum absolute atomic E-state index is 0.157. The molecule has 0 radical (unpaired) electrons. The fourth-order valence-electron chi connectivity index (χ4n) is 6.83. The van der Waals surface area contributed by atoms with Crippen LogP contribution in [0.25, 0.3) is 5.57 Å². The number of carbonyl (C=O) groups is 2. The number of benzene rings is 3. The second kappa shape index (κ2) is 13.9. The molecule has 0 saturated heterocycles. The number of carbonyl (C=O) groups excluding carboxylic acids is 2. The van der Waals surface area contributed by atoms with Crippen molar-refractivity contribution in [2.75, 3.05) is 40.8 Å². The van der Waals surface area contributed by atoms with Gasteiger partial charge in [-0.25, -0.2) is 0 Å². The Bertz CT molecular complexity index is 2100. The summed E-state index contributed by atoms with van der Waals surface area (Å²) in [6.45, 7) is 1.24. The molecule has 0 saturated carbocycles. The molecule has 5 aliphatic rings. The normalized spacial score (nSPS) is 19.4. The Morgan fingerprint density at radius 2 is 1.40 bits per heavy atom. The van der Waals surface area contributed by atoms with Crippen LogP contribution in [-0.2, 0) is 0 Å². The first-order chi connectivity index (χ1) is 25.4. The summed E-state index contributed by atoms with van der Waals surface area (Å²) in [5, 5.41) is 0. The molecular formula is C39H37N5O8. The van der Waals surface area contributed by atoms with E-state index in [0.717, 1.165) is 16.7 Å². The lowest BCUT2D eigenvalue weighted by molar-refractivity contribution is 0.0809. The molecular weight excluding hydrogens is 666 g/mol. The van der Waals surface area contributed by atoms with Crippen LogP contribution in [0.4, 0.5) is 11.4 Å². The predicted molar refractivity (Wildman–Crippen MR) is 194 cm³/mol. The Hall–Kier alpha value is -6.08. The lowest BCUT2D eigenvalue weighted by atomic mass is 10.0. The van der Waals surface area contributed by atoms with Gasteiger partial charge in [0.15, 0.2) is 34.5 Å². The van der Waals surface area contributed by atoms with Crippen LogP contribution >= 0.6 is 0 Å². The van der Waals surface area contributed by atoms with Gasteiger partial charge in [-0.15, -0.1) is 0 Å². The molecule has 13 nitrogen and oxygen atoms in total. The first-order valence-electron chi connectivity index (χ1n) is 17.1. The third-order valence-corrected chi connectivity index (χ3v) is 9.47. The number of hydrogen-bond donors (Lipinski definition) is 1. The van der Waals surface area contributed by atoms with E-state index in [1.807, 2.05) is 42.8 Å². The first kappa shape index (κ1) is 33.1. The highest BCUT2D eigenvalue weighted by molar-refractivity contribution is 6.06. The highest BCUT2D eigenvalue weighted by Gasteiger charge is 2.35. The van der Waals surface area contributed by atoms with E-state index in [-0.39, 0.29) is 30.7 Å². The van der Waals surface area contributed by atoms with Crippen molar-refractivity contribution in [1.29, 1.82) is 0 Å². The van der Waals surface area contributed by atoms with Gasteiger partial charge in [0.25, 0.3) is 11.8 Å². The third-order valence-electron chi connectivity index (χ3n) is 9.47. The van der Waals surface area contributed by atoms with Crippen molar-refractivity contribution >= 4 is 41.2 Å². The number of nitrogens with zero attached hydrogens (tertiary/aromatic N) is 4. The van der Waals surface area contributed by atoms with Gasteiger partial charge in [0, 0.05) is 56.3 Å². The Morgan fingerprint density at radius 3 is 2.04 bits per heavy atom. The zero-order chi connectivity index (χ0) is 35.8. The number of methoxy groups -OCH3 is 2. The molecule has 5 aliphatic heterocycles. The third kappa shape index (κ3) is 6.13. The second-order valence-electron chi connectivity index (χ2n) is 12.7. The van der Waals surface area contributed by atoms with Crippen molar-refractivity contribution in [3.63, 3.8) is 0 Å². The molecule has 3 aromatic rings. The molecule has 0 spiro atoms. The van der Waals surface area contributed by atoms with Gasteiger partial charge >= 0.3 is 0 Å². The van der Waals surface area contributed by atoms with E-state index >= 15 is 0 Å². The van der Waals surface area contributed by atoms with Crippen molar-refractivity contribution in [2.45, 2.75) is 31.3 Å². The maximum atomic E-state index is 13.8. The number of allylic oxidation sites excluding steroid dienone is 1. The lowest BCUT2D eigenvalue weighted by Gasteiger charge is -2.19. The molecule has 0 unspecified atom stereocenters. The number of amides is 2. The van der Waals surface area contributed by atoms with Crippen LogP contribution in [0, 0.1) is 0 Å². The Kier molecular flexibility index (Phi) is 8.85. The molecule has 0 fully saturated rings. The number of fused-ring (bicyclic) bond motifs is 5. The van der Waals surface area contributed by atoms with E-state index in [4.69, 9.17) is 39.1 Å². The zero-order valence-corrected chi connectivity index (χ0v) is 28.7. The quantitative estimate of drug-likeness (QED) is 0.253. The molecule has 0 aromatic heterocycles. The van der Waals surface area contributed by atoms with Crippen LogP contribution in [0.1, 0.15) is 45.5 Å². The van der Waals surface area contributed by atoms with Crippen LogP contribution in [0.15, 0.2) is 82.6 Å². The summed E-state index contributed by atoms with van der Waals surface area (Å²) in [5.41, 5.74) is 10.5. The van der Waals surface area contributed by atoms with Crippen molar-refractivity contribution in [3.05, 3.63) is 89.3 Å². The van der Waals surface area contributed by atoms with E-state index in [1.165, 1.54) is 14.2 Å². The SMILES string of the molecule is COc1cc2c(cc1OCCCOc1cc3c(cc1OC)C(=O)N1C=C(c4ccc5c(c4)OCO5)C[C@H]1C=N3)N=C[C@@H]1CC(/C=C/CN)=CN1C2=O. The predicted octanol–water partition coefficient (Wildman–Crippen LogP) is 5.58. The molecule has 266 valence electrons. The molecule has 2 amide bonds. The van der Waals surface area contributed by atoms with E-state index in [0.29, 0.717) is 96.0 Å². The van der Waals surface area contributed by atoms with Gasteiger partial charge in [0.05, 0.1) is 62.0 Å². The molecule has 5 heterocycles. The molecule has 3 aromatic carbocycles. The minimum atomic E-state index is -0.229.